The van der Waals surface area contributed by atoms with E-state index in [2.05, 4.69) is 10.3 Å². The molecule has 0 saturated heterocycles. The number of anilines is 1. The van der Waals surface area contributed by atoms with Crippen LogP contribution in [0.25, 0.3) is 0 Å². The van der Waals surface area contributed by atoms with Crippen LogP contribution in [0.15, 0.2) is 11.1 Å². The van der Waals surface area contributed by atoms with Crippen LogP contribution in [0.4, 0.5) is 5.00 Å². The number of thiophene rings is 1. The number of carbonyl (C=O) groups is 3. The molecule has 0 bridgehead atoms. The topological polar surface area (TPSA) is 126 Å². The summed E-state index contributed by atoms with van der Waals surface area (Å²) in [5.41, 5.74) is 8.02. The van der Waals surface area contributed by atoms with Crippen LogP contribution in [-0.2, 0) is 17.6 Å². The number of ketones is 1. The van der Waals surface area contributed by atoms with E-state index in [1.807, 2.05) is 6.07 Å². The van der Waals surface area contributed by atoms with E-state index < -0.39 is 5.91 Å². The van der Waals surface area contributed by atoms with Crippen LogP contribution < -0.4 is 11.1 Å². The summed E-state index contributed by atoms with van der Waals surface area (Å²) < 4.78 is 0. The van der Waals surface area contributed by atoms with Gasteiger partial charge in [0, 0.05) is 16.1 Å². The number of amides is 2. The van der Waals surface area contributed by atoms with Crippen molar-refractivity contribution in [2.24, 2.45) is 5.73 Å². The van der Waals surface area contributed by atoms with Crippen molar-refractivity contribution in [1.29, 1.82) is 5.26 Å². The van der Waals surface area contributed by atoms with Gasteiger partial charge in [0.05, 0.1) is 16.9 Å². The number of nitrogens with zero attached hydrogens (tertiary/aromatic N) is 2. The molecule has 0 unspecified atom stereocenters. The fraction of sp³-hybridized carbons (Fsp3) is 0.316. The highest BCUT2D eigenvalue weighted by atomic mass is 32.2. The molecule has 0 aromatic carbocycles. The molecule has 3 N–H and O–H groups in total. The maximum absolute atomic E-state index is 12.4. The van der Waals surface area contributed by atoms with E-state index in [-0.39, 0.29) is 23.0 Å². The number of primary amides is 1. The van der Waals surface area contributed by atoms with Crippen molar-refractivity contribution in [1.82, 2.24) is 4.98 Å². The van der Waals surface area contributed by atoms with E-state index in [4.69, 9.17) is 5.73 Å². The first-order valence-electron chi connectivity index (χ1n) is 8.61. The second kappa shape index (κ2) is 8.12. The molecule has 1 aliphatic rings. The Morgan fingerprint density at radius 3 is 2.79 bits per heavy atom. The average molecular weight is 415 g/mol. The van der Waals surface area contributed by atoms with E-state index in [0.717, 1.165) is 41.5 Å². The highest BCUT2D eigenvalue weighted by Crippen LogP contribution is 2.39. The van der Waals surface area contributed by atoms with Gasteiger partial charge in [-0.15, -0.1) is 11.3 Å². The molecule has 2 heterocycles. The molecule has 2 aromatic heterocycles. The lowest BCUT2D eigenvalue weighted by atomic mass is 10.1. The van der Waals surface area contributed by atoms with Crippen LogP contribution >= 0.6 is 23.1 Å². The predicted octanol–water partition coefficient (Wildman–Crippen LogP) is 2.84. The zero-order chi connectivity index (χ0) is 20.4. The lowest BCUT2D eigenvalue weighted by Gasteiger charge is -2.08. The standard InChI is InChI=1S/C19H18N4O3S2/c1-9-13(10(2)24)6-11(7-20)18(22-9)27-8-15(25)23-19-16(17(21)26)12-4-3-5-14(12)28-19/h6H,3-5,8H2,1-2H3,(H2,21,26)(H,23,25). The molecular formula is C19H18N4O3S2. The van der Waals surface area contributed by atoms with Gasteiger partial charge in [-0.05, 0) is 44.7 Å². The normalized spacial score (nSPS) is 12.3. The molecule has 9 heteroatoms. The summed E-state index contributed by atoms with van der Waals surface area (Å²) in [5, 5.41) is 13.0. The van der Waals surface area contributed by atoms with E-state index in [0.29, 0.717) is 26.8 Å². The van der Waals surface area contributed by atoms with Crippen molar-refractivity contribution < 1.29 is 14.4 Å². The predicted molar refractivity (Wildman–Crippen MR) is 108 cm³/mol. The van der Waals surface area contributed by atoms with Gasteiger partial charge in [-0.25, -0.2) is 4.98 Å². The Balaban J connectivity index is 1.74. The molecule has 0 atom stereocenters. The van der Waals surface area contributed by atoms with Crippen molar-refractivity contribution in [3.8, 4) is 6.07 Å². The first-order valence-corrected chi connectivity index (χ1v) is 10.4. The maximum atomic E-state index is 12.4. The largest absolute Gasteiger partial charge is 0.365 e. The van der Waals surface area contributed by atoms with Crippen LogP contribution in [0.2, 0.25) is 0 Å². The summed E-state index contributed by atoms with van der Waals surface area (Å²) in [6.07, 6.45) is 2.68. The van der Waals surface area contributed by atoms with Crippen molar-refractivity contribution in [2.45, 2.75) is 38.1 Å². The van der Waals surface area contributed by atoms with E-state index in [1.54, 1.807) is 6.92 Å². The minimum atomic E-state index is -0.536. The maximum Gasteiger partial charge on any atom is 0.251 e. The second-order valence-corrected chi connectivity index (χ2v) is 8.47. The van der Waals surface area contributed by atoms with Crippen molar-refractivity contribution in [3.05, 3.63) is 38.9 Å². The van der Waals surface area contributed by atoms with Crippen LogP contribution in [-0.4, -0.2) is 28.3 Å². The minimum Gasteiger partial charge on any atom is -0.365 e. The van der Waals surface area contributed by atoms with Crippen LogP contribution in [0, 0.1) is 18.3 Å². The summed E-state index contributed by atoms with van der Waals surface area (Å²) in [7, 11) is 0. The molecule has 0 fully saturated rings. The molecule has 0 saturated carbocycles. The monoisotopic (exact) mass is 414 g/mol. The Morgan fingerprint density at radius 2 is 2.14 bits per heavy atom. The summed E-state index contributed by atoms with van der Waals surface area (Å²) in [6, 6.07) is 3.52. The van der Waals surface area contributed by atoms with Crippen molar-refractivity contribution >= 4 is 45.7 Å². The zero-order valence-corrected chi connectivity index (χ0v) is 17.1. The number of nitrogens with two attached hydrogens (primary N) is 1. The summed E-state index contributed by atoms with van der Waals surface area (Å²) in [5.74, 6) is -1.00. The van der Waals surface area contributed by atoms with Gasteiger partial charge in [0.1, 0.15) is 16.1 Å². The Bertz CT molecular complexity index is 1040. The third-order valence-corrected chi connectivity index (χ3v) is 6.64. The SMILES string of the molecule is CC(=O)c1cc(C#N)c(SCC(=O)Nc2sc3c(c2C(N)=O)CCC3)nc1C. The van der Waals surface area contributed by atoms with Gasteiger partial charge in [0.2, 0.25) is 5.91 Å². The molecule has 3 rings (SSSR count). The van der Waals surface area contributed by atoms with Crippen LogP contribution in [0.3, 0.4) is 0 Å². The lowest BCUT2D eigenvalue weighted by Crippen LogP contribution is -2.19. The van der Waals surface area contributed by atoms with Gasteiger partial charge in [-0.1, -0.05) is 11.8 Å². The average Bonchev–Trinajstić information content (AvgIpc) is 3.19. The first-order chi connectivity index (χ1) is 13.3. The molecular weight excluding hydrogens is 396 g/mol. The summed E-state index contributed by atoms with van der Waals surface area (Å²) >= 11 is 2.50. The number of rotatable bonds is 6. The van der Waals surface area contributed by atoms with Gasteiger partial charge in [0.15, 0.2) is 5.78 Å². The smallest absolute Gasteiger partial charge is 0.251 e. The molecule has 0 radical (unpaired) electrons. The number of hydrogen-bond donors (Lipinski definition) is 2. The van der Waals surface area contributed by atoms with Crippen LogP contribution in [0.1, 0.15) is 55.8 Å². The molecule has 28 heavy (non-hydrogen) atoms. The number of aromatic nitrogens is 1. The highest BCUT2D eigenvalue weighted by Gasteiger charge is 2.26. The van der Waals surface area contributed by atoms with E-state index >= 15 is 0 Å². The van der Waals surface area contributed by atoms with E-state index in [9.17, 15) is 19.6 Å². The molecule has 2 amide bonds. The highest BCUT2D eigenvalue weighted by molar-refractivity contribution is 8.00. The van der Waals surface area contributed by atoms with E-state index in [1.165, 1.54) is 24.3 Å². The van der Waals surface area contributed by atoms with Crippen LogP contribution in [0.5, 0.6) is 0 Å². The van der Waals surface area contributed by atoms with Gasteiger partial charge in [-0.2, -0.15) is 5.26 Å². The number of carbonyl (C=O) groups excluding carboxylic acids is 3. The third kappa shape index (κ3) is 3.93. The Labute approximate surface area is 170 Å². The number of pyridine rings is 1. The number of Topliss-reactive ketones (excluding diaryl/α,β-unsaturated/α-hetero) is 1. The fourth-order valence-corrected chi connectivity index (χ4v) is 5.29. The zero-order valence-electron chi connectivity index (χ0n) is 15.4. The lowest BCUT2D eigenvalue weighted by molar-refractivity contribution is -0.113. The Kier molecular flexibility index (Phi) is 5.82. The first kappa shape index (κ1) is 20.0. The number of aryl methyl sites for hydroxylation is 2. The van der Waals surface area contributed by atoms with Gasteiger partial charge in [-0.3, -0.25) is 14.4 Å². The fourth-order valence-electron chi connectivity index (χ4n) is 3.18. The number of thioether (sulfide) groups is 1. The molecule has 7 nitrogen and oxygen atoms in total. The van der Waals surface area contributed by atoms with Crippen molar-refractivity contribution in [2.75, 3.05) is 11.1 Å². The second-order valence-electron chi connectivity index (χ2n) is 6.40. The molecule has 144 valence electrons. The third-order valence-electron chi connectivity index (χ3n) is 4.44. The summed E-state index contributed by atoms with van der Waals surface area (Å²) in [4.78, 5) is 41.2. The quantitative estimate of drug-likeness (QED) is 0.553. The van der Waals surface area contributed by atoms with Gasteiger partial charge < -0.3 is 11.1 Å². The molecule has 0 aliphatic heterocycles. The van der Waals surface area contributed by atoms with Crippen molar-refractivity contribution in [3.63, 3.8) is 0 Å². The number of fused-ring (bicyclic) bond motifs is 1. The molecule has 2 aromatic rings. The number of nitrogens with one attached hydrogen (secondary N) is 1. The molecule has 0 spiro atoms. The minimum absolute atomic E-state index is 0.0152. The van der Waals surface area contributed by atoms with Gasteiger partial charge >= 0.3 is 0 Å². The van der Waals surface area contributed by atoms with Gasteiger partial charge in [0.25, 0.3) is 5.91 Å². The summed E-state index contributed by atoms with van der Waals surface area (Å²) in [6.45, 7) is 3.11. The molecule has 1 aliphatic carbocycles. The Morgan fingerprint density at radius 1 is 1.39 bits per heavy atom. The number of nitriles is 1. The number of hydrogen-bond acceptors (Lipinski definition) is 7. The Hall–Kier alpha value is -2.70.